The van der Waals surface area contributed by atoms with Gasteiger partial charge in [0.1, 0.15) is 0 Å². The van der Waals surface area contributed by atoms with Crippen molar-refractivity contribution in [2.45, 2.75) is 25.9 Å². The molecule has 0 bridgehead atoms. The summed E-state index contributed by atoms with van der Waals surface area (Å²) in [4.78, 5) is 2.29. The maximum Gasteiger partial charge on any atom is 0.0962 e. The van der Waals surface area contributed by atoms with Crippen LogP contribution in [0.1, 0.15) is 18.5 Å². The Morgan fingerprint density at radius 2 is 2.38 bits per heavy atom. The van der Waals surface area contributed by atoms with Crippen LogP contribution >= 0.6 is 0 Å². The molecule has 0 amide bonds. The molecule has 2 N–H and O–H groups in total. The van der Waals surface area contributed by atoms with Gasteiger partial charge in [0.15, 0.2) is 0 Å². The van der Waals surface area contributed by atoms with E-state index in [-0.39, 0.29) is 0 Å². The molecule has 0 atom stereocenters. The van der Waals surface area contributed by atoms with Crippen molar-refractivity contribution in [3.8, 4) is 0 Å². The second-order valence-corrected chi connectivity index (χ2v) is 3.91. The fraction of sp³-hybridized carbons (Fsp3) is 0.636. The maximum absolute atomic E-state index is 5.46. The van der Waals surface area contributed by atoms with Gasteiger partial charge in [-0.2, -0.15) is 0 Å². The molecule has 0 saturated carbocycles. The molecule has 0 aliphatic rings. The Hall–Kier alpha value is -1.20. The van der Waals surface area contributed by atoms with Crippen LogP contribution in [0.5, 0.6) is 0 Å². The number of likely N-dealkylation sites (N-methyl/N-ethyl adjacent to an activating group) is 1. The Balaban J connectivity index is 2.20. The highest BCUT2D eigenvalue weighted by molar-refractivity contribution is 4.90. The second kappa shape index (κ2) is 7.14. The van der Waals surface area contributed by atoms with E-state index in [0.717, 1.165) is 38.2 Å². The lowest BCUT2D eigenvalue weighted by atomic mass is 10.3. The Labute approximate surface area is 96.9 Å². The van der Waals surface area contributed by atoms with Crippen molar-refractivity contribution in [3.05, 3.63) is 24.5 Å². The zero-order valence-electron chi connectivity index (χ0n) is 9.97. The molecule has 0 spiro atoms. The molecule has 1 rings (SSSR count). The van der Waals surface area contributed by atoms with Crippen molar-refractivity contribution in [1.29, 1.82) is 0 Å². The number of nitrogens with two attached hydrogens (primary N) is 1. The molecule has 0 radical (unpaired) electrons. The third-order valence-electron chi connectivity index (χ3n) is 2.45. The van der Waals surface area contributed by atoms with Gasteiger partial charge in [-0.1, -0.05) is 11.3 Å². The SMILES string of the molecule is C=CCCCN(C)CCn1cc(CN)nn1. The minimum absolute atomic E-state index is 0.454. The number of hydrogen-bond donors (Lipinski definition) is 1. The lowest BCUT2D eigenvalue weighted by Gasteiger charge is -2.15. The highest BCUT2D eigenvalue weighted by atomic mass is 15.4. The van der Waals surface area contributed by atoms with Crippen LogP contribution < -0.4 is 5.73 Å². The van der Waals surface area contributed by atoms with E-state index in [0.29, 0.717) is 6.54 Å². The normalized spacial score (nSPS) is 10.9. The molecular weight excluding hydrogens is 202 g/mol. The summed E-state index contributed by atoms with van der Waals surface area (Å²) in [6.07, 6.45) is 6.09. The first-order valence-corrected chi connectivity index (χ1v) is 5.64. The summed E-state index contributed by atoms with van der Waals surface area (Å²) in [5, 5.41) is 7.94. The number of allylic oxidation sites excluding steroid dienone is 1. The molecule has 1 aromatic rings. The van der Waals surface area contributed by atoms with Gasteiger partial charge in [0.2, 0.25) is 0 Å². The summed E-state index contributed by atoms with van der Waals surface area (Å²) in [7, 11) is 2.11. The van der Waals surface area contributed by atoms with Gasteiger partial charge in [0.05, 0.1) is 12.2 Å². The Morgan fingerprint density at radius 3 is 3.00 bits per heavy atom. The number of hydrogen-bond acceptors (Lipinski definition) is 4. The number of rotatable bonds is 8. The van der Waals surface area contributed by atoms with Gasteiger partial charge in [0.25, 0.3) is 0 Å². The van der Waals surface area contributed by atoms with Crippen molar-refractivity contribution in [2.75, 3.05) is 20.1 Å². The summed E-state index contributed by atoms with van der Waals surface area (Å²) in [5.74, 6) is 0. The topological polar surface area (TPSA) is 60.0 Å². The average Bonchev–Trinajstić information content (AvgIpc) is 2.74. The van der Waals surface area contributed by atoms with E-state index in [1.165, 1.54) is 0 Å². The van der Waals surface area contributed by atoms with Crippen LogP contribution in [0, 0.1) is 0 Å². The molecule has 0 aliphatic carbocycles. The fourth-order valence-corrected chi connectivity index (χ4v) is 1.43. The summed E-state index contributed by atoms with van der Waals surface area (Å²) in [5.41, 5.74) is 6.31. The van der Waals surface area contributed by atoms with Gasteiger partial charge in [-0.15, -0.1) is 11.7 Å². The molecule has 1 aromatic heterocycles. The number of nitrogens with zero attached hydrogens (tertiary/aromatic N) is 4. The smallest absolute Gasteiger partial charge is 0.0962 e. The predicted molar refractivity (Wildman–Crippen MR) is 64.8 cm³/mol. The molecule has 90 valence electrons. The van der Waals surface area contributed by atoms with E-state index < -0.39 is 0 Å². The molecule has 0 aromatic carbocycles. The largest absolute Gasteiger partial charge is 0.325 e. The minimum atomic E-state index is 0.454. The fourth-order valence-electron chi connectivity index (χ4n) is 1.43. The first kappa shape index (κ1) is 12.9. The predicted octanol–water partition coefficient (Wildman–Crippen LogP) is 0.635. The number of unbranched alkanes of at least 4 members (excludes halogenated alkanes) is 1. The van der Waals surface area contributed by atoms with Crippen molar-refractivity contribution >= 4 is 0 Å². The molecule has 5 nitrogen and oxygen atoms in total. The Kier molecular flexibility index (Phi) is 5.74. The first-order valence-electron chi connectivity index (χ1n) is 5.64. The molecule has 0 unspecified atom stereocenters. The van der Waals surface area contributed by atoms with Crippen LogP contribution in [-0.4, -0.2) is 40.0 Å². The van der Waals surface area contributed by atoms with E-state index in [9.17, 15) is 0 Å². The zero-order valence-corrected chi connectivity index (χ0v) is 9.97. The highest BCUT2D eigenvalue weighted by Gasteiger charge is 2.01. The van der Waals surface area contributed by atoms with Crippen LogP contribution in [0.25, 0.3) is 0 Å². The van der Waals surface area contributed by atoms with Gasteiger partial charge in [0, 0.05) is 19.3 Å². The van der Waals surface area contributed by atoms with Gasteiger partial charge in [-0.05, 0) is 26.4 Å². The third kappa shape index (κ3) is 4.55. The standard InChI is InChI=1S/C11H21N5/c1-3-4-5-6-15(2)7-8-16-10-11(9-12)13-14-16/h3,10H,1,4-9,12H2,2H3. The van der Waals surface area contributed by atoms with Crippen LogP contribution in [0.15, 0.2) is 18.9 Å². The molecule has 1 heterocycles. The molecule has 5 heteroatoms. The number of aromatic nitrogens is 3. The molecule has 16 heavy (non-hydrogen) atoms. The van der Waals surface area contributed by atoms with E-state index in [4.69, 9.17) is 5.73 Å². The summed E-state index contributed by atoms with van der Waals surface area (Å²) in [6, 6.07) is 0. The summed E-state index contributed by atoms with van der Waals surface area (Å²) in [6.45, 7) is 7.09. The van der Waals surface area contributed by atoms with Crippen molar-refractivity contribution < 1.29 is 0 Å². The molecule has 0 aliphatic heterocycles. The summed E-state index contributed by atoms with van der Waals surface area (Å²) < 4.78 is 1.84. The minimum Gasteiger partial charge on any atom is -0.325 e. The van der Waals surface area contributed by atoms with E-state index >= 15 is 0 Å². The Morgan fingerprint density at radius 1 is 1.56 bits per heavy atom. The van der Waals surface area contributed by atoms with Crippen molar-refractivity contribution in [2.24, 2.45) is 5.73 Å². The molecular formula is C11H21N5. The highest BCUT2D eigenvalue weighted by Crippen LogP contribution is 1.95. The van der Waals surface area contributed by atoms with Crippen molar-refractivity contribution in [1.82, 2.24) is 19.9 Å². The Bertz CT molecular complexity index is 307. The average molecular weight is 223 g/mol. The van der Waals surface area contributed by atoms with Gasteiger partial charge >= 0.3 is 0 Å². The first-order chi connectivity index (χ1) is 7.76. The van der Waals surface area contributed by atoms with Gasteiger partial charge in [-0.3, -0.25) is 4.68 Å². The lowest BCUT2D eigenvalue weighted by molar-refractivity contribution is 0.308. The van der Waals surface area contributed by atoms with Crippen LogP contribution in [0.3, 0.4) is 0 Å². The van der Waals surface area contributed by atoms with Crippen molar-refractivity contribution in [3.63, 3.8) is 0 Å². The van der Waals surface area contributed by atoms with E-state index in [1.807, 2.05) is 17.0 Å². The van der Waals surface area contributed by atoms with Crippen LogP contribution in [0.2, 0.25) is 0 Å². The lowest BCUT2D eigenvalue weighted by Crippen LogP contribution is -2.24. The van der Waals surface area contributed by atoms with Gasteiger partial charge in [-0.25, -0.2) is 0 Å². The maximum atomic E-state index is 5.46. The zero-order chi connectivity index (χ0) is 11.8. The van der Waals surface area contributed by atoms with E-state index in [2.05, 4.69) is 28.8 Å². The van der Waals surface area contributed by atoms with Gasteiger partial charge < -0.3 is 10.6 Å². The third-order valence-corrected chi connectivity index (χ3v) is 2.45. The quantitative estimate of drug-likeness (QED) is 0.519. The molecule has 0 fully saturated rings. The monoisotopic (exact) mass is 223 g/mol. The van der Waals surface area contributed by atoms with Crippen LogP contribution in [-0.2, 0) is 13.1 Å². The molecule has 0 saturated heterocycles. The summed E-state index contributed by atoms with van der Waals surface area (Å²) >= 11 is 0. The second-order valence-electron chi connectivity index (χ2n) is 3.91. The van der Waals surface area contributed by atoms with Crippen LogP contribution in [0.4, 0.5) is 0 Å². The van der Waals surface area contributed by atoms with E-state index in [1.54, 1.807) is 0 Å².